The molecule has 3 nitrogen and oxygen atoms in total. The van der Waals surface area contributed by atoms with E-state index in [0.29, 0.717) is 5.91 Å². The highest BCUT2D eigenvalue weighted by Gasteiger charge is 2.31. The van der Waals surface area contributed by atoms with E-state index in [1.165, 1.54) is 16.7 Å². The van der Waals surface area contributed by atoms with Crippen molar-refractivity contribution >= 4 is 5.91 Å². The lowest BCUT2D eigenvalue weighted by Crippen LogP contribution is -2.40. The maximum atomic E-state index is 12.6. The Morgan fingerprint density at radius 1 is 1.33 bits per heavy atom. The van der Waals surface area contributed by atoms with Crippen LogP contribution >= 0.6 is 0 Å². The zero-order valence-corrected chi connectivity index (χ0v) is 10.9. The summed E-state index contributed by atoms with van der Waals surface area (Å²) >= 11 is 0. The van der Waals surface area contributed by atoms with Gasteiger partial charge in [0.2, 0.25) is 5.91 Å². The van der Waals surface area contributed by atoms with Crippen molar-refractivity contribution in [3.8, 4) is 0 Å². The molecule has 18 heavy (non-hydrogen) atoms. The third kappa shape index (κ3) is 1.93. The molecule has 3 heteroatoms. The Hall–Kier alpha value is -1.35. The van der Waals surface area contributed by atoms with Gasteiger partial charge in [-0.15, -0.1) is 0 Å². The van der Waals surface area contributed by atoms with Gasteiger partial charge in [0.25, 0.3) is 0 Å². The molecule has 1 fully saturated rings. The van der Waals surface area contributed by atoms with Crippen LogP contribution in [0.25, 0.3) is 0 Å². The largest absolute Gasteiger partial charge is 0.342 e. The van der Waals surface area contributed by atoms with Gasteiger partial charge in [0, 0.05) is 26.2 Å². The minimum Gasteiger partial charge on any atom is -0.342 e. The predicted molar refractivity (Wildman–Crippen MR) is 71.4 cm³/mol. The third-order valence-corrected chi connectivity index (χ3v) is 4.14. The van der Waals surface area contributed by atoms with E-state index < -0.39 is 0 Å². The summed E-state index contributed by atoms with van der Waals surface area (Å²) < 4.78 is 0. The van der Waals surface area contributed by atoms with Gasteiger partial charge in [-0.25, -0.2) is 0 Å². The summed E-state index contributed by atoms with van der Waals surface area (Å²) in [5, 5.41) is 3.38. The number of aryl methyl sites for hydroxylation is 1. The van der Waals surface area contributed by atoms with Gasteiger partial charge in [-0.3, -0.25) is 4.79 Å². The number of rotatable bonds is 1. The summed E-state index contributed by atoms with van der Waals surface area (Å²) in [6.45, 7) is 5.68. The molecule has 1 aromatic rings. The van der Waals surface area contributed by atoms with Gasteiger partial charge < -0.3 is 10.2 Å². The fourth-order valence-electron chi connectivity index (χ4n) is 3.22. The second-order valence-electron chi connectivity index (χ2n) is 5.36. The van der Waals surface area contributed by atoms with E-state index in [9.17, 15) is 4.79 Å². The number of hydrogen-bond donors (Lipinski definition) is 1. The summed E-state index contributed by atoms with van der Waals surface area (Å²) in [4.78, 5) is 14.6. The van der Waals surface area contributed by atoms with Crippen molar-refractivity contribution in [2.75, 3.05) is 19.6 Å². The first-order valence-corrected chi connectivity index (χ1v) is 6.85. The molecule has 3 rings (SSSR count). The number of benzene rings is 1. The van der Waals surface area contributed by atoms with Crippen molar-refractivity contribution in [2.45, 2.75) is 32.2 Å². The highest BCUT2D eigenvalue weighted by Crippen LogP contribution is 2.29. The van der Waals surface area contributed by atoms with Crippen molar-refractivity contribution in [3.63, 3.8) is 0 Å². The van der Waals surface area contributed by atoms with E-state index in [-0.39, 0.29) is 5.92 Å². The molecule has 1 amide bonds. The molecule has 2 heterocycles. The number of nitrogens with one attached hydrogen (secondary N) is 1. The number of amides is 1. The van der Waals surface area contributed by atoms with Crippen molar-refractivity contribution in [1.82, 2.24) is 10.2 Å². The van der Waals surface area contributed by atoms with Crippen LogP contribution < -0.4 is 5.32 Å². The van der Waals surface area contributed by atoms with E-state index in [0.717, 1.165) is 39.0 Å². The molecule has 1 unspecified atom stereocenters. The topological polar surface area (TPSA) is 32.3 Å². The number of nitrogens with zero attached hydrogens (tertiary/aromatic N) is 1. The van der Waals surface area contributed by atoms with Crippen molar-refractivity contribution in [2.24, 2.45) is 0 Å². The summed E-state index contributed by atoms with van der Waals surface area (Å²) in [6.07, 6.45) is 2.32. The first-order chi connectivity index (χ1) is 8.77. The van der Waals surface area contributed by atoms with Gasteiger partial charge in [0.05, 0.1) is 5.92 Å². The fourth-order valence-corrected chi connectivity index (χ4v) is 3.22. The Morgan fingerprint density at radius 2 is 2.11 bits per heavy atom. The van der Waals surface area contributed by atoms with Gasteiger partial charge >= 0.3 is 0 Å². The summed E-state index contributed by atoms with van der Waals surface area (Å²) in [7, 11) is 0. The van der Waals surface area contributed by atoms with Crippen LogP contribution in [-0.4, -0.2) is 30.4 Å². The maximum absolute atomic E-state index is 12.6. The highest BCUT2D eigenvalue weighted by atomic mass is 16.2. The molecule has 2 aliphatic rings. The van der Waals surface area contributed by atoms with Gasteiger partial charge in [-0.2, -0.15) is 0 Å². The van der Waals surface area contributed by atoms with Gasteiger partial charge in [0.1, 0.15) is 0 Å². The molecule has 0 aromatic heterocycles. The molecule has 0 spiro atoms. The van der Waals surface area contributed by atoms with E-state index in [1.54, 1.807) is 0 Å². The molecule has 0 bridgehead atoms. The van der Waals surface area contributed by atoms with Crippen LogP contribution in [0.1, 0.15) is 35.4 Å². The molecule has 0 radical (unpaired) electrons. The Bertz CT molecular complexity index is 464. The molecular formula is C15H20N2O. The molecule has 1 N–H and O–H groups in total. The number of fused-ring (bicyclic) bond motifs is 1. The lowest BCUT2D eigenvalue weighted by atomic mass is 9.86. The van der Waals surface area contributed by atoms with Gasteiger partial charge in [0.15, 0.2) is 0 Å². The molecule has 96 valence electrons. The average Bonchev–Trinajstić information content (AvgIpc) is 2.91. The molecule has 1 atom stereocenters. The number of carbonyl (C=O) groups is 1. The molecule has 1 saturated heterocycles. The van der Waals surface area contributed by atoms with E-state index in [2.05, 4.69) is 30.4 Å². The normalized spacial score (nSPS) is 22.9. The van der Waals surface area contributed by atoms with Crippen LogP contribution in [0.2, 0.25) is 0 Å². The van der Waals surface area contributed by atoms with Crippen molar-refractivity contribution in [1.29, 1.82) is 0 Å². The highest BCUT2D eigenvalue weighted by molar-refractivity contribution is 5.85. The van der Waals surface area contributed by atoms with Gasteiger partial charge in [-0.05, 0) is 36.5 Å². The Kier molecular flexibility index (Phi) is 3.08. The van der Waals surface area contributed by atoms with Crippen LogP contribution in [0.15, 0.2) is 18.2 Å². The zero-order chi connectivity index (χ0) is 12.5. The average molecular weight is 244 g/mol. The SMILES string of the molecule is Cc1cccc2c1C(C(=O)N1CCCC1)CNC2. The standard InChI is InChI=1S/C15H20N2O/c1-11-5-4-6-12-9-16-10-13(14(11)12)15(18)17-7-2-3-8-17/h4-6,13,16H,2-3,7-10H2,1H3. The van der Waals surface area contributed by atoms with E-state index in [1.807, 2.05) is 4.90 Å². The minimum absolute atomic E-state index is 0.0213. The molecule has 0 saturated carbocycles. The maximum Gasteiger partial charge on any atom is 0.231 e. The van der Waals surface area contributed by atoms with Crippen LogP contribution in [0.4, 0.5) is 0 Å². The molecular weight excluding hydrogens is 224 g/mol. The number of carbonyl (C=O) groups excluding carboxylic acids is 1. The minimum atomic E-state index is 0.0213. The van der Waals surface area contributed by atoms with E-state index >= 15 is 0 Å². The lowest BCUT2D eigenvalue weighted by Gasteiger charge is -2.30. The first-order valence-electron chi connectivity index (χ1n) is 6.85. The number of likely N-dealkylation sites (tertiary alicyclic amines) is 1. The monoisotopic (exact) mass is 244 g/mol. The van der Waals surface area contributed by atoms with Crippen LogP contribution in [-0.2, 0) is 11.3 Å². The zero-order valence-electron chi connectivity index (χ0n) is 10.9. The second kappa shape index (κ2) is 4.73. The lowest BCUT2D eigenvalue weighted by molar-refractivity contribution is -0.131. The fraction of sp³-hybridized carbons (Fsp3) is 0.533. The summed E-state index contributed by atoms with van der Waals surface area (Å²) in [5.41, 5.74) is 3.82. The number of hydrogen-bond acceptors (Lipinski definition) is 2. The van der Waals surface area contributed by atoms with Crippen molar-refractivity contribution < 1.29 is 4.79 Å². The Morgan fingerprint density at radius 3 is 2.89 bits per heavy atom. The van der Waals surface area contributed by atoms with Crippen molar-refractivity contribution in [3.05, 3.63) is 34.9 Å². The van der Waals surface area contributed by atoms with Gasteiger partial charge in [-0.1, -0.05) is 18.2 Å². The third-order valence-electron chi connectivity index (χ3n) is 4.14. The molecule has 2 aliphatic heterocycles. The smallest absolute Gasteiger partial charge is 0.231 e. The summed E-state index contributed by atoms with van der Waals surface area (Å²) in [5.74, 6) is 0.336. The summed E-state index contributed by atoms with van der Waals surface area (Å²) in [6, 6.07) is 6.34. The van der Waals surface area contributed by atoms with Crippen LogP contribution in [0.3, 0.4) is 0 Å². The van der Waals surface area contributed by atoms with Crippen LogP contribution in [0, 0.1) is 6.92 Å². The molecule has 1 aromatic carbocycles. The first kappa shape index (κ1) is 11.7. The Balaban J connectivity index is 1.93. The van der Waals surface area contributed by atoms with E-state index in [4.69, 9.17) is 0 Å². The molecule has 0 aliphatic carbocycles. The predicted octanol–water partition coefficient (Wildman–Crippen LogP) is 1.80. The second-order valence-corrected chi connectivity index (χ2v) is 5.36. The Labute approximate surface area is 108 Å². The van der Waals surface area contributed by atoms with Crippen LogP contribution in [0.5, 0.6) is 0 Å². The quantitative estimate of drug-likeness (QED) is 0.817.